The molecule has 0 aromatic heterocycles. The average Bonchev–Trinajstić information content (AvgIpc) is 2.37. The van der Waals surface area contributed by atoms with Crippen molar-refractivity contribution in [2.24, 2.45) is 0 Å². The zero-order chi connectivity index (χ0) is 6.69. The number of hydrogen-bond donors (Lipinski definition) is 1. The van der Waals surface area contributed by atoms with Crippen LogP contribution in [-0.2, 0) is 4.79 Å². The summed E-state index contributed by atoms with van der Waals surface area (Å²) >= 11 is 0. The summed E-state index contributed by atoms with van der Waals surface area (Å²) in [5.74, 6) is 0.368. The van der Waals surface area contributed by atoms with Crippen molar-refractivity contribution in [2.75, 3.05) is 6.54 Å². The Morgan fingerprint density at radius 3 is 3.00 bits per heavy atom. The lowest BCUT2D eigenvalue weighted by atomic mass is 10.1. The van der Waals surface area contributed by atoms with Crippen LogP contribution in [0.3, 0.4) is 0 Å². The molecule has 1 atom stereocenters. The quantitative estimate of drug-likeness (QED) is 0.592. The molecule has 0 bridgehead atoms. The van der Waals surface area contributed by atoms with Gasteiger partial charge in [-0.25, -0.2) is 0 Å². The Morgan fingerprint density at radius 2 is 2.56 bits per heavy atom. The second-order valence-electron chi connectivity index (χ2n) is 2.47. The van der Waals surface area contributed by atoms with Gasteiger partial charge in [0.15, 0.2) is 0 Å². The molecule has 0 amide bonds. The Bertz CT molecular complexity index is 105. The third-order valence-electron chi connectivity index (χ3n) is 1.80. The Balaban J connectivity index is 2.32. The van der Waals surface area contributed by atoms with Gasteiger partial charge in [-0.1, -0.05) is 6.92 Å². The highest BCUT2D eigenvalue weighted by Gasteiger charge is 2.19. The number of ketones is 1. The Labute approximate surface area is 55.6 Å². The molecule has 1 fully saturated rings. The number of rotatable bonds is 2. The molecule has 2 heteroatoms. The van der Waals surface area contributed by atoms with Crippen molar-refractivity contribution in [2.45, 2.75) is 32.2 Å². The third-order valence-corrected chi connectivity index (χ3v) is 1.80. The summed E-state index contributed by atoms with van der Waals surface area (Å²) in [6.45, 7) is 2.94. The fourth-order valence-electron chi connectivity index (χ4n) is 1.21. The minimum Gasteiger partial charge on any atom is -0.307 e. The molecule has 1 aliphatic rings. The predicted octanol–water partition coefficient (Wildman–Crippen LogP) is 0.718. The van der Waals surface area contributed by atoms with Gasteiger partial charge >= 0.3 is 0 Å². The van der Waals surface area contributed by atoms with E-state index in [4.69, 9.17) is 0 Å². The Kier molecular flexibility index (Phi) is 2.22. The van der Waals surface area contributed by atoms with Crippen LogP contribution < -0.4 is 5.32 Å². The highest BCUT2D eigenvalue weighted by atomic mass is 16.1. The lowest BCUT2D eigenvalue weighted by Crippen LogP contribution is -2.29. The van der Waals surface area contributed by atoms with E-state index in [-0.39, 0.29) is 6.04 Å². The molecule has 52 valence electrons. The first kappa shape index (κ1) is 6.75. The van der Waals surface area contributed by atoms with E-state index in [9.17, 15) is 4.79 Å². The molecule has 1 saturated heterocycles. The molecule has 0 spiro atoms. The van der Waals surface area contributed by atoms with Gasteiger partial charge in [0.25, 0.3) is 0 Å². The molecule has 0 aromatic carbocycles. The zero-order valence-electron chi connectivity index (χ0n) is 5.81. The van der Waals surface area contributed by atoms with E-state index < -0.39 is 0 Å². The number of Topliss-reactive ketones (excluding diaryl/α,β-unsaturated/α-hetero) is 1. The fraction of sp³-hybridized carbons (Fsp3) is 0.857. The molecule has 1 aliphatic heterocycles. The topological polar surface area (TPSA) is 29.1 Å². The summed E-state index contributed by atoms with van der Waals surface area (Å²) in [6, 6.07) is 0.190. The molecule has 0 aliphatic carbocycles. The molecular formula is C7H13NO. The fourth-order valence-corrected chi connectivity index (χ4v) is 1.21. The minimum absolute atomic E-state index is 0.190. The molecule has 0 unspecified atom stereocenters. The molecule has 1 heterocycles. The molecule has 0 radical (unpaired) electrons. The van der Waals surface area contributed by atoms with Crippen LogP contribution in [0.5, 0.6) is 0 Å². The van der Waals surface area contributed by atoms with Gasteiger partial charge in [0.1, 0.15) is 5.78 Å². The first-order valence-corrected chi connectivity index (χ1v) is 3.60. The van der Waals surface area contributed by atoms with Gasteiger partial charge < -0.3 is 5.32 Å². The molecule has 1 rings (SSSR count). The van der Waals surface area contributed by atoms with Gasteiger partial charge in [-0.3, -0.25) is 4.79 Å². The summed E-state index contributed by atoms with van der Waals surface area (Å²) in [5, 5.41) is 3.16. The van der Waals surface area contributed by atoms with E-state index in [0.29, 0.717) is 12.2 Å². The van der Waals surface area contributed by atoms with Gasteiger partial charge in [0, 0.05) is 6.42 Å². The standard InChI is InChI=1S/C7H13NO/c1-2-7(9)6-4-3-5-8-6/h6,8H,2-5H2,1H3/t6-/m0/s1. The van der Waals surface area contributed by atoms with Crippen molar-refractivity contribution in [3.63, 3.8) is 0 Å². The molecular weight excluding hydrogens is 114 g/mol. The first-order valence-electron chi connectivity index (χ1n) is 3.60. The van der Waals surface area contributed by atoms with Crippen LogP contribution in [0.25, 0.3) is 0 Å². The van der Waals surface area contributed by atoms with Crippen molar-refractivity contribution < 1.29 is 4.79 Å². The summed E-state index contributed by atoms with van der Waals surface area (Å²) in [4.78, 5) is 11.0. The first-order chi connectivity index (χ1) is 4.34. The number of nitrogens with one attached hydrogen (secondary N) is 1. The van der Waals surface area contributed by atoms with Gasteiger partial charge in [0.2, 0.25) is 0 Å². The number of hydrogen-bond acceptors (Lipinski definition) is 2. The van der Waals surface area contributed by atoms with E-state index in [0.717, 1.165) is 19.4 Å². The van der Waals surface area contributed by atoms with E-state index in [2.05, 4.69) is 5.32 Å². The summed E-state index contributed by atoms with van der Waals surface area (Å²) in [7, 11) is 0. The molecule has 2 nitrogen and oxygen atoms in total. The lowest BCUT2D eigenvalue weighted by molar-refractivity contribution is -0.120. The number of carbonyl (C=O) groups is 1. The van der Waals surface area contributed by atoms with Gasteiger partial charge in [-0.15, -0.1) is 0 Å². The van der Waals surface area contributed by atoms with Crippen molar-refractivity contribution >= 4 is 5.78 Å². The lowest BCUT2D eigenvalue weighted by Gasteiger charge is -2.04. The average molecular weight is 127 g/mol. The smallest absolute Gasteiger partial charge is 0.149 e. The summed E-state index contributed by atoms with van der Waals surface area (Å²) < 4.78 is 0. The largest absolute Gasteiger partial charge is 0.307 e. The van der Waals surface area contributed by atoms with Crippen LogP contribution >= 0.6 is 0 Å². The molecule has 0 saturated carbocycles. The third kappa shape index (κ3) is 1.52. The second kappa shape index (κ2) is 2.97. The SMILES string of the molecule is CCC(=O)[C@@H]1CCCN1. The normalized spacial score (nSPS) is 26.6. The van der Waals surface area contributed by atoms with Crippen LogP contribution in [0.1, 0.15) is 26.2 Å². The van der Waals surface area contributed by atoms with Gasteiger partial charge in [-0.2, -0.15) is 0 Å². The van der Waals surface area contributed by atoms with Crippen LogP contribution in [0.2, 0.25) is 0 Å². The Morgan fingerprint density at radius 1 is 1.78 bits per heavy atom. The highest BCUT2D eigenvalue weighted by Crippen LogP contribution is 2.06. The second-order valence-corrected chi connectivity index (χ2v) is 2.47. The van der Waals surface area contributed by atoms with Crippen LogP contribution in [0, 0.1) is 0 Å². The van der Waals surface area contributed by atoms with Crippen molar-refractivity contribution in [1.29, 1.82) is 0 Å². The van der Waals surface area contributed by atoms with Gasteiger partial charge in [-0.05, 0) is 19.4 Å². The molecule has 1 N–H and O–H groups in total. The van der Waals surface area contributed by atoms with Crippen LogP contribution in [0.4, 0.5) is 0 Å². The van der Waals surface area contributed by atoms with E-state index in [1.807, 2.05) is 6.92 Å². The van der Waals surface area contributed by atoms with Gasteiger partial charge in [0.05, 0.1) is 6.04 Å². The monoisotopic (exact) mass is 127 g/mol. The minimum atomic E-state index is 0.190. The van der Waals surface area contributed by atoms with E-state index >= 15 is 0 Å². The Hall–Kier alpha value is -0.370. The predicted molar refractivity (Wildman–Crippen MR) is 36.3 cm³/mol. The van der Waals surface area contributed by atoms with Crippen LogP contribution in [0.15, 0.2) is 0 Å². The highest BCUT2D eigenvalue weighted by molar-refractivity contribution is 5.83. The zero-order valence-corrected chi connectivity index (χ0v) is 5.81. The summed E-state index contributed by atoms with van der Waals surface area (Å²) in [5.41, 5.74) is 0. The summed E-state index contributed by atoms with van der Waals surface area (Å²) in [6.07, 6.45) is 2.89. The molecule has 9 heavy (non-hydrogen) atoms. The maximum atomic E-state index is 11.0. The van der Waals surface area contributed by atoms with Crippen LogP contribution in [-0.4, -0.2) is 18.4 Å². The maximum Gasteiger partial charge on any atom is 0.149 e. The van der Waals surface area contributed by atoms with E-state index in [1.54, 1.807) is 0 Å². The number of carbonyl (C=O) groups excluding carboxylic acids is 1. The van der Waals surface area contributed by atoms with E-state index in [1.165, 1.54) is 0 Å². The van der Waals surface area contributed by atoms with Crippen molar-refractivity contribution in [3.05, 3.63) is 0 Å². The maximum absolute atomic E-state index is 11.0. The van der Waals surface area contributed by atoms with Crippen molar-refractivity contribution in [3.8, 4) is 0 Å². The van der Waals surface area contributed by atoms with Crippen molar-refractivity contribution in [1.82, 2.24) is 5.32 Å². The molecule has 0 aromatic rings.